The number of hydrogen-bond donors (Lipinski definition) is 1. The number of rotatable bonds is 6. The van der Waals surface area contributed by atoms with Gasteiger partial charge in [0.25, 0.3) is 5.91 Å². The lowest BCUT2D eigenvalue weighted by Crippen LogP contribution is -2.29. The predicted octanol–water partition coefficient (Wildman–Crippen LogP) is 6.65. The summed E-state index contributed by atoms with van der Waals surface area (Å²) in [6, 6.07) is 9.78. The summed E-state index contributed by atoms with van der Waals surface area (Å²) in [6.07, 6.45) is 2.28. The van der Waals surface area contributed by atoms with E-state index in [4.69, 9.17) is 58.0 Å². The third kappa shape index (κ3) is 4.94. The molecule has 0 aliphatic heterocycles. The average Bonchev–Trinajstić information content (AvgIpc) is 3.58. The van der Waals surface area contributed by atoms with Crippen LogP contribution >= 0.6 is 58.0 Å². The van der Waals surface area contributed by atoms with E-state index < -0.39 is 16.2 Å². The third-order valence-corrected chi connectivity index (χ3v) is 7.33. The largest absolute Gasteiger partial charge is 0.341 e. The Labute approximate surface area is 205 Å². The van der Waals surface area contributed by atoms with Gasteiger partial charge >= 0.3 is 0 Å². The van der Waals surface area contributed by atoms with Crippen molar-refractivity contribution in [3.8, 4) is 0 Å². The number of nitrogens with one attached hydrogen (secondary N) is 1. The minimum atomic E-state index is -1.28. The Balaban J connectivity index is 1.50. The lowest BCUT2D eigenvalue weighted by atomic mass is 10.1. The highest BCUT2D eigenvalue weighted by atomic mass is 35.5. The van der Waals surface area contributed by atoms with Crippen molar-refractivity contribution in [2.24, 2.45) is 11.8 Å². The molecule has 1 N–H and O–H groups in total. The van der Waals surface area contributed by atoms with Crippen LogP contribution in [0.15, 0.2) is 36.4 Å². The molecule has 0 spiro atoms. The number of halogens is 5. The number of carbonyl (C=O) groups is 2. The number of carbonyl (C=O) groups excluding carboxylic acids is 2. The Hall–Kier alpha value is -1.17. The standard InChI is InChI=1S/C22H19Cl5N2O2/c1-29(10-11-2-3-11)21(31)16-9-15(4-5-17(16)25)28-20(30)19-18(22(19,26)27)12-6-13(23)8-14(24)7-12/h4-9,11,18-19H,2-3,10H2,1H3,(H,28,30). The first-order valence-corrected chi connectivity index (χ1v) is 11.7. The zero-order valence-electron chi connectivity index (χ0n) is 16.5. The van der Waals surface area contributed by atoms with Crippen molar-refractivity contribution in [1.29, 1.82) is 0 Å². The highest BCUT2D eigenvalue weighted by Gasteiger charge is 2.67. The molecule has 2 atom stereocenters. The van der Waals surface area contributed by atoms with Gasteiger partial charge in [0.15, 0.2) is 0 Å². The monoisotopic (exact) mass is 518 g/mol. The van der Waals surface area contributed by atoms with E-state index in [0.29, 0.717) is 44.3 Å². The number of alkyl halides is 2. The Morgan fingerprint density at radius 3 is 2.32 bits per heavy atom. The van der Waals surface area contributed by atoms with Crippen molar-refractivity contribution in [3.63, 3.8) is 0 Å². The molecule has 2 unspecified atom stereocenters. The van der Waals surface area contributed by atoms with Gasteiger partial charge in [-0.3, -0.25) is 9.59 Å². The molecule has 9 heteroatoms. The summed E-state index contributed by atoms with van der Waals surface area (Å²) in [6.45, 7) is 0.693. The smallest absolute Gasteiger partial charge is 0.255 e. The van der Waals surface area contributed by atoms with E-state index in [1.807, 2.05) is 0 Å². The molecule has 2 saturated carbocycles. The van der Waals surface area contributed by atoms with Crippen LogP contribution in [0, 0.1) is 11.8 Å². The molecule has 2 amide bonds. The van der Waals surface area contributed by atoms with Crippen LogP contribution in [0.25, 0.3) is 0 Å². The van der Waals surface area contributed by atoms with Crippen molar-refractivity contribution in [2.45, 2.75) is 23.1 Å². The Kier molecular flexibility index (Phi) is 6.41. The van der Waals surface area contributed by atoms with Crippen LogP contribution < -0.4 is 5.32 Å². The van der Waals surface area contributed by atoms with Gasteiger partial charge in [-0.05, 0) is 60.7 Å². The summed E-state index contributed by atoms with van der Waals surface area (Å²) in [4.78, 5) is 27.4. The van der Waals surface area contributed by atoms with E-state index in [1.54, 1.807) is 48.3 Å². The molecule has 2 fully saturated rings. The van der Waals surface area contributed by atoms with Gasteiger partial charge in [-0.1, -0.05) is 34.8 Å². The Morgan fingerprint density at radius 1 is 1.06 bits per heavy atom. The first kappa shape index (κ1) is 23.0. The molecule has 4 nitrogen and oxygen atoms in total. The molecule has 2 aromatic carbocycles. The van der Waals surface area contributed by atoms with Gasteiger partial charge in [-0.2, -0.15) is 0 Å². The highest BCUT2D eigenvalue weighted by molar-refractivity contribution is 6.53. The van der Waals surface area contributed by atoms with E-state index in [9.17, 15) is 9.59 Å². The molecule has 2 aromatic rings. The second kappa shape index (κ2) is 8.64. The molecule has 0 bridgehead atoms. The number of nitrogens with zero attached hydrogens (tertiary/aromatic N) is 1. The summed E-state index contributed by atoms with van der Waals surface area (Å²) in [5.41, 5.74) is 1.47. The zero-order chi connectivity index (χ0) is 22.5. The molecule has 31 heavy (non-hydrogen) atoms. The van der Waals surface area contributed by atoms with E-state index in [1.165, 1.54) is 0 Å². The molecule has 0 aromatic heterocycles. The van der Waals surface area contributed by atoms with Gasteiger partial charge < -0.3 is 10.2 Å². The van der Waals surface area contributed by atoms with Crippen molar-refractivity contribution in [2.75, 3.05) is 18.9 Å². The molecular formula is C22H19Cl5N2O2. The van der Waals surface area contributed by atoms with E-state index in [2.05, 4.69) is 5.32 Å². The van der Waals surface area contributed by atoms with Gasteiger partial charge in [0.05, 0.1) is 16.5 Å². The summed E-state index contributed by atoms with van der Waals surface area (Å²) in [7, 11) is 1.75. The zero-order valence-corrected chi connectivity index (χ0v) is 20.3. The number of hydrogen-bond acceptors (Lipinski definition) is 2. The maximum absolute atomic E-state index is 12.9. The normalized spacial score (nSPS) is 21.5. The molecular weight excluding hydrogens is 502 g/mol. The highest BCUT2D eigenvalue weighted by Crippen LogP contribution is 2.65. The summed E-state index contributed by atoms with van der Waals surface area (Å²) < 4.78 is -1.28. The van der Waals surface area contributed by atoms with Crippen molar-refractivity contribution in [1.82, 2.24) is 4.90 Å². The van der Waals surface area contributed by atoms with Crippen LogP contribution in [0.4, 0.5) is 5.69 Å². The van der Waals surface area contributed by atoms with E-state index in [0.717, 1.165) is 12.8 Å². The third-order valence-electron chi connectivity index (χ3n) is 5.62. The van der Waals surface area contributed by atoms with E-state index in [-0.39, 0.29) is 11.8 Å². The maximum Gasteiger partial charge on any atom is 0.255 e. The summed E-state index contributed by atoms with van der Waals surface area (Å²) in [5.74, 6) is -1.14. The molecule has 2 aliphatic rings. The quantitative estimate of drug-likeness (QED) is 0.433. The molecule has 0 heterocycles. The van der Waals surface area contributed by atoms with Crippen LogP contribution in [0.5, 0.6) is 0 Å². The van der Waals surface area contributed by atoms with Gasteiger partial charge in [0, 0.05) is 35.2 Å². The number of benzene rings is 2. The SMILES string of the molecule is CN(CC1CC1)C(=O)c1cc(NC(=O)C2C(c3cc(Cl)cc(Cl)c3)C2(Cl)Cl)ccc1Cl. The van der Waals surface area contributed by atoms with Gasteiger partial charge in [0.1, 0.15) is 4.33 Å². The Morgan fingerprint density at radius 2 is 1.71 bits per heavy atom. The Bertz CT molecular complexity index is 1030. The number of amides is 2. The number of anilines is 1. The second-order valence-corrected chi connectivity index (χ2v) is 10.9. The van der Waals surface area contributed by atoms with Crippen LogP contribution in [-0.2, 0) is 4.79 Å². The maximum atomic E-state index is 12.9. The molecule has 2 aliphatic carbocycles. The topological polar surface area (TPSA) is 49.4 Å². The fourth-order valence-electron chi connectivity index (χ4n) is 3.79. The molecule has 0 saturated heterocycles. The molecule has 4 rings (SSSR count). The van der Waals surface area contributed by atoms with Crippen molar-refractivity contribution in [3.05, 3.63) is 62.6 Å². The van der Waals surface area contributed by atoms with Crippen LogP contribution in [0.2, 0.25) is 15.1 Å². The first-order chi connectivity index (χ1) is 14.6. The van der Waals surface area contributed by atoms with Crippen LogP contribution in [0.3, 0.4) is 0 Å². The van der Waals surface area contributed by atoms with Gasteiger partial charge in [-0.15, -0.1) is 23.2 Å². The lowest BCUT2D eigenvalue weighted by Gasteiger charge is -2.18. The first-order valence-electron chi connectivity index (χ1n) is 9.77. The van der Waals surface area contributed by atoms with Crippen LogP contribution in [0.1, 0.15) is 34.7 Å². The fraction of sp³-hybridized carbons (Fsp3) is 0.364. The lowest BCUT2D eigenvalue weighted by molar-refractivity contribution is -0.117. The van der Waals surface area contributed by atoms with Crippen LogP contribution in [-0.4, -0.2) is 34.6 Å². The average molecular weight is 521 g/mol. The second-order valence-electron chi connectivity index (χ2n) is 8.15. The van der Waals surface area contributed by atoms with Gasteiger partial charge in [-0.25, -0.2) is 0 Å². The van der Waals surface area contributed by atoms with E-state index >= 15 is 0 Å². The summed E-state index contributed by atoms with van der Waals surface area (Å²) >= 11 is 31.2. The van der Waals surface area contributed by atoms with Gasteiger partial charge in [0.2, 0.25) is 5.91 Å². The minimum Gasteiger partial charge on any atom is -0.341 e. The minimum absolute atomic E-state index is 0.185. The summed E-state index contributed by atoms with van der Waals surface area (Å²) in [5, 5.41) is 4.00. The fourth-order valence-corrected chi connectivity index (χ4v) is 5.36. The molecule has 0 radical (unpaired) electrons. The predicted molar refractivity (Wildman–Crippen MR) is 127 cm³/mol. The van der Waals surface area contributed by atoms with Crippen molar-refractivity contribution >= 4 is 75.5 Å². The van der Waals surface area contributed by atoms with Crippen molar-refractivity contribution < 1.29 is 9.59 Å². The molecule has 164 valence electrons.